The molecule has 0 amide bonds. The summed E-state index contributed by atoms with van der Waals surface area (Å²) in [7, 11) is 0. The molecule has 0 aliphatic carbocycles. The van der Waals surface area contributed by atoms with Crippen LogP contribution in [-0.4, -0.2) is 32.5 Å². The summed E-state index contributed by atoms with van der Waals surface area (Å²) in [6.45, 7) is 4.43. The van der Waals surface area contributed by atoms with E-state index in [9.17, 15) is 5.11 Å². The largest absolute Gasteiger partial charge is 0.506 e. The molecule has 0 saturated carbocycles. The summed E-state index contributed by atoms with van der Waals surface area (Å²) < 4.78 is 1.90. The molecule has 3 heterocycles. The van der Waals surface area contributed by atoms with E-state index in [1.165, 1.54) is 19.4 Å². The van der Waals surface area contributed by atoms with Crippen LogP contribution in [0.5, 0.6) is 5.75 Å². The first-order valence-electron chi connectivity index (χ1n) is 6.19. The van der Waals surface area contributed by atoms with Gasteiger partial charge in [-0.25, -0.2) is 4.98 Å². The third-order valence-corrected chi connectivity index (χ3v) is 3.57. The number of imidazole rings is 1. The molecule has 1 fully saturated rings. The summed E-state index contributed by atoms with van der Waals surface area (Å²) in [5.74, 6) is 0.278. The van der Waals surface area contributed by atoms with Gasteiger partial charge in [0.25, 0.3) is 0 Å². The first-order chi connectivity index (χ1) is 8.28. The van der Waals surface area contributed by atoms with Gasteiger partial charge in [-0.3, -0.25) is 4.90 Å². The van der Waals surface area contributed by atoms with E-state index < -0.39 is 0 Å². The van der Waals surface area contributed by atoms with Crippen LogP contribution in [0, 0.1) is 0 Å². The topological polar surface area (TPSA) is 40.8 Å². The van der Waals surface area contributed by atoms with Crippen molar-refractivity contribution >= 4 is 5.65 Å². The highest BCUT2D eigenvalue weighted by Gasteiger charge is 2.26. The highest BCUT2D eigenvalue weighted by Crippen LogP contribution is 2.31. The first kappa shape index (κ1) is 10.6. The second-order valence-corrected chi connectivity index (χ2v) is 4.61. The molecule has 4 nitrogen and oxygen atoms in total. The Kier molecular flexibility index (Phi) is 2.52. The molecule has 0 spiro atoms. The predicted octanol–water partition coefficient (Wildman–Crippen LogP) is 2.20. The van der Waals surface area contributed by atoms with E-state index in [-0.39, 0.29) is 5.75 Å². The van der Waals surface area contributed by atoms with Crippen LogP contribution in [-0.2, 0) is 0 Å². The number of likely N-dealkylation sites (tertiary alicyclic amines) is 1. The Hall–Kier alpha value is -1.55. The number of aromatic hydroxyl groups is 1. The van der Waals surface area contributed by atoms with Crippen LogP contribution in [0.3, 0.4) is 0 Å². The molecule has 3 rings (SSSR count). The fraction of sp³-hybridized carbons (Fsp3) is 0.462. The first-order valence-corrected chi connectivity index (χ1v) is 6.19. The minimum Gasteiger partial charge on any atom is -0.506 e. The number of aromatic nitrogens is 2. The van der Waals surface area contributed by atoms with Crippen molar-refractivity contribution in [3.8, 4) is 5.75 Å². The van der Waals surface area contributed by atoms with Crippen molar-refractivity contribution in [1.29, 1.82) is 0 Å². The third-order valence-electron chi connectivity index (χ3n) is 3.57. The van der Waals surface area contributed by atoms with Crippen LogP contribution >= 0.6 is 0 Å². The number of rotatable bonds is 2. The Morgan fingerprint density at radius 1 is 1.41 bits per heavy atom. The van der Waals surface area contributed by atoms with Gasteiger partial charge >= 0.3 is 0 Å². The van der Waals surface area contributed by atoms with E-state index in [0.29, 0.717) is 6.04 Å². The van der Waals surface area contributed by atoms with E-state index in [1.54, 1.807) is 12.3 Å². The number of nitrogens with zero attached hydrogens (tertiary/aromatic N) is 3. The standard InChI is InChI=1S/C13H17N3O/c1-2-15-7-3-4-12(15)11-9-16-8-10(17)5-6-13(16)14-11/h5-6,8-9,12,17H,2-4,7H2,1H3. The average molecular weight is 231 g/mol. The SMILES string of the molecule is CCN1CCCC1c1cn2cc(O)ccc2n1. The maximum absolute atomic E-state index is 9.44. The second-order valence-electron chi connectivity index (χ2n) is 4.61. The van der Waals surface area contributed by atoms with Gasteiger partial charge in [-0.2, -0.15) is 0 Å². The molecule has 1 N–H and O–H groups in total. The molecule has 1 aliphatic heterocycles. The molecule has 90 valence electrons. The second kappa shape index (κ2) is 4.04. The van der Waals surface area contributed by atoms with E-state index >= 15 is 0 Å². The summed E-state index contributed by atoms with van der Waals surface area (Å²) in [5, 5.41) is 9.44. The van der Waals surface area contributed by atoms with Crippen LogP contribution in [0.1, 0.15) is 31.5 Å². The molecule has 4 heteroatoms. The van der Waals surface area contributed by atoms with Crippen molar-refractivity contribution < 1.29 is 5.11 Å². The summed E-state index contributed by atoms with van der Waals surface area (Å²) in [6.07, 6.45) is 6.17. The van der Waals surface area contributed by atoms with Crippen LogP contribution in [0.4, 0.5) is 0 Å². The monoisotopic (exact) mass is 231 g/mol. The van der Waals surface area contributed by atoms with E-state index in [1.807, 2.05) is 16.7 Å². The van der Waals surface area contributed by atoms with E-state index in [2.05, 4.69) is 16.8 Å². The molecule has 0 aromatic carbocycles. The number of pyridine rings is 1. The molecule has 1 aliphatic rings. The van der Waals surface area contributed by atoms with Gasteiger partial charge in [-0.1, -0.05) is 6.92 Å². The highest BCUT2D eigenvalue weighted by molar-refractivity contribution is 5.43. The summed E-state index contributed by atoms with van der Waals surface area (Å²) in [5.41, 5.74) is 2.02. The van der Waals surface area contributed by atoms with E-state index in [4.69, 9.17) is 0 Å². The van der Waals surface area contributed by atoms with Crippen molar-refractivity contribution in [2.24, 2.45) is 0 Å². The Bertz CT molecular complexity index is 534. The summed E-state index contributed by atoms with van der Waals surface area (Å²) in [6, 6.07) is 3.98. The van der Waals surface area contributed by atoms with Gasteiger partial charge in [0.05, 0.1) is 17.9 Å². The van der Waals surface area contributed by atoms with E-state index in [0.717, 1.165) is 17.9 Å². The normalized spacial score (nSPS) is 21.4. The molecule has 0 radical (unpaired) electrons. The van der Waals surface area contributed by atoms with Crippen molar-refractivity contribution in [3.63, 3.8) is 0 Å². The Morgan fingerprint density at radius 3 is 3.12 bits per heavy atom. The number of hydrogen-bond donors (Lipinski definition) is 1. The van der Waals surface area contributed by atoms with Crippen LogP contribution < -0.4 is 0 Å². The summed E-state index contributed by atoms with van der Waals surface area (Å²) >= 11 is 0. The minimum atomic E-state index is 0.278. The van der Waals surface area contributed by atoms with Gasteiger partial charge < -0.3 is 9.51 Å². The molecular weight excluding hydrogens is 214 g/mol. The van der Waals surface area contributed by atoms with Crippen molar-refractivity contribution in [3.05, 3.63) is 30.2 Å². The Labute approximate surface area is 101 Å². The fourth-order valence-corrected chi connectivity index (χ4v) is 2.70. The zero-order chi connectivity index (χ0) is 11.8. The zero-order valence-electron chi connectivity index (χ0n) is 10.0. The predicted molar refractivity (Wildman–Crippen MR) is 66.1 cm³/mol. The lowest BCUT2D eigenvalue weighted by atomic mass is 10.1. The lowest BCUT2D eigenvalue weighted by Gasteiger charge is -2.20. The van der Waals surface area contributed by atoms with Gasteiger partial charge in [0.1, 0.15) is 11.4 Å². The molecule has 1 saturated heterocycles. The average Bonchev–Trinajstić information content (AvgIpc) is 2.93. The van der Waals surface area contributed by atoms with Crippen molar-refractivity contribution in [2.75, 3.05) is 13.1 Å². The lowest BCUT2D eigenvalue weighted by Crippen LogP contribution is -2.22. The van der Waals surface area contributed by atoms with Gasteiger partial charge in [0, 0.05) is 6.20 Å². The van der Waals surface area contributed by atoms with Gasteiger partial charge in [-0.15, -0.1) is 0 Å². The molecule has 1 unspecified atom stereocenters. The summed E-state index contributed by atoms with van der Waals surface area (Å²) in [4.78, 5) is 7.10. The molecule has 0 bridgehead atoms. The Morgan fingerprint density at radius 2 is 2.29 bits per heavy atom. The van der Waals surface area contributed by atoms with Crippen molar-refractivity contribution in [2.45, 2.75) is 25.8 Å². The minimum absolute atomic E-state index is 0.278. The van der Waals surface area contributed by atoms with Gasteiger partial charge in [0.15, 0.2) is 0 Å². The highest BCUT2D eigenvalue weighted by atomic mass is 16.3. The van der Waals surface area contributed by atoms with Crippen LogP contribution in [0.15, 0.2) is 24.5 Å². The molecule has 2 aromatic rings. The Balaban J connectivity index is 2.00. The fourth-order valence-electron chi connectivity index (χ4n) is 2.70. The quantitative estimate of drug-likeness (QED) is 0.861. The maximum atomic E-state index is 9.44. The molecule has 2 aromatic heterocycles. The van der Waals surface area contributed by atoms with Crippen LogP contribution in [0.2, 0.25) is 0 Å². The van der Waals surface area contributed by atoms with Crippen LogP contribution in [0.25, 0.3) is 5.65 Å². The molecule has 17 heavy (non-hydrogen) atoms. The van der Waals surface area contributed by atoms with Gasteiger partial charge in [0.2, 0.25) is 0 Å². The zero-order valence-corrected chi connectivity index (χ0v) is 10.0. The number of fused-ring (bicyclic) bond motifs is 1. The molecule has 1 atom stereocenters. The smallest absolute Gasteiger partial charge is 0.137 e. The maximum Gasteiger partial charge on any atom is 0.137 e. The van der Waals surface area contributed by atoms with Crippen molar-refractivity contribution in [1.82, 2.24) is 14.3 Å². The molecular formula is C13H17N3O. The lowest BCUT2D eigenvalue weighted by molar-refractivity contribution is 0.268. The third kappa shape index (κ3) is 1.78. The number of hydrogen-bond acceptors (Lipinski definition) is 3. The van der Waals surface area contributed by atoms with Gasteiger partial charge in [-0.05, 0) is 38.1 Å².